The molecule has 2 aromatic carbocycles. The molecule has 21 heavy (non-hydrogen) atoms. The van der Waals surface area contributed by atoms with Crippen LogP contribution < -0.4 is 5.32 Å². The van der Waals surface area contributed by atoms with Crippen LogP contribution in [-0.2, 0) is 11.2 Å². The van der Waals surface area contributed by atoms with Crippen molar-refractivity contribution in [2.45, 2.75) is 12.8 Å². The molecule has 0 saturated heterocycles. The Labute approximate surface area is 127 Å². The minimum absolute atomic E-state index is 0.0800. The summed E-state index contributed by atoms with van der Waals surface area (Å²) >= 11 is 6.01. The van der Waals surface area contributed by atoms with Gasteiger partial charge in [0.25, 0.3) is 0 Å². The van der Waals surface area contributed by atoms with E-state index in [0.29, 0.717) is 23.6 Å². The molecule has 0 aliphatic heterocycles. The van der Waals surface area contributed by atoms with E-state index in [9.17, 15) is 4.79 Å². The maximum Gasteiger partial charge on any atom is 0.224 e. The molecule has 5 heteroatoms. The van der Waals surface area contributed by atoms with Gasteiger partial charge in [-0.1, -0.05) is 35.9 Å². The van der Waals surface area contributed by atoms with Gasteiger partial charge in [-0.15, -0.1) is 0 Å². The first-order valence-electron chi connectivity index (χ1n) is 6.70. The lowest BCUT2D eigenvalue weighted by atomic mass is 10.2. The highest BCUT2D eigenvalue weighted by atomic mass is 35.5. The number of aromatic nitrogens is 2. The van der Waals surface area contributed by atoms with Crippen molar-refractivity contribution in [1.29, 1.82) is 0 Å². The molecule has 2 N–H and O–H groups in total. The van der Waals surface area contributed by atoms with E-state index in [1.807, 2.05) is 36.4 Å². The highest BCUT2D eigenvalue weighted by Crippen LogP contribution is 2.20. The number of carbonyl (C=O) groups excluding carboxylic acids is 1. The molecule has 0 bridgehead atoms. The van der Waals surface area contributed by atoms with E-state index in [-0.39, 0.29) is 5.91 Å². The molecule has 4 nitrogen and oxygen atoms in total. The van der Waals surface area contributed by atoms with Gasteiger partial charge < -0.3 is 10.3 Å². The summed E-state index contributed by atoms with van der Waals surface area (Å²) in [5.41, 5.74) is 2.53. The van der Waals surface area contributed by atoms with Crippen molar-refractivity contribution in [3.8, 4) is 0 Å². The van der Waals surface area contributed by atoms with Crippen LogP contribution in [0.1, 0.15) is 12.2 Å². The standard InChI is InChI=1S/C16H14ClN3O/c17-11-5-1-2-6-12(11)20-16(21)10-9-15-18-13-7-3-4-8-14(13)19-15/h1-8H,9-10H2,(H,18,19)(H,20,21). The molecule has 0 fully saturated rings. The van der Waals surface area contributed by atoms with Crippen LogP contribution in [0.2, 0.25) is 5.02 Å². The van der Waals surface area contributed by atoms with E-state index in [2.05, 4.69) is 15.3 Å². The Balaban J connectivity index is 1.62. The second-order valence-electron chi connectivity index (χ2n) is 4.73. The maximum absolute atomic E-state index is 11.9. The summed E-state index contributed by atoms with van der Waals surface area (Å²) in [5, 5.41) is 3.34. The number of imidazole rings is 1. The Morgan fingerprint density at radius 2 is 1.90 bits per heavy atom. The van der Waals surface area contributed by atoms with Crippen LogP contribution in [0.4, 0.5) is 5.69 Å². The smallest absolute Gasteiger partial charge is 0.224 e. The fourth-order valence-corrected chi connectivity index (χ4v) is 2.31. The van der Waals surface area contributed by atoms with Gasteiger partial charge >= 0.3 is 0 Å². The topological polar surface area (TPSA) is 57.8 Å². The van der Waals surface area contributed by atoms with Gasteiger partial charge in [0.15, 0.2) is 0 Å². The van der Waals surface area contributed by atoms with Gasteiger partial charge in [-0.2, -0.15) is 0 Å². The first kappa shape index (κ1) is 13.6. The minimum Gasteiger partial charge on any atom is -0.342 e. The number of hydrogen-bond donors (Lipinski definition) is 2. The Morgan fingerprint density at radius 1 is 1.14 bits per heavy atom. The Hall–Kier alpha value is -2.33. The predicted octanol–water partition coefficient (Wildman–Crippen LogP) is 3.79. The summed E-state index contributed by atoms with van der Waals surface area (Å²) in [7, 11) is 0. The summed E-state index contributed by atoms with van der Waals surface area (Å²) in [6.07, 6.45) is 0.913. The molecule has 0 radical (unpaired) electrons. The molecule has 3 aromatic rings. The average molecular weight is 300 g/mol. The first-order valence-corrected chi connectivity index (χ1v) is 7.08. The predicted molar refractivity (Wildman–Crippen MR) is 84.5 cm³/mol. The Morgan fingerprint density at radius 3 is 2.71 bits per heavy atom. The number of benzene rings is 2. The number of nitrogens with one attached hydrogen (secondary N) is 2. The molecular formula is C16H14ClN3O. The van der Waals surface area contributed by atoms with Crippen LogP contribution in [0, 0.1) is 0 Å². The van der Waals surface area contributed by atoms with Crippen LogP contribution in [0.15, 0.2) is 48.5 Å². The zero-order valence-corrected chi connectivity index (χ0v) is 12.0. The molecule has 0 aliphatic carbocycles. The molecule has 1 amide bonds. The highest BCUT2D eigenvalue weighted by molar-refractivity contribution is 6.33. The molecule has 0 unspecified atom stereocenters. The summed E-state index contributed by atoms with van der Waals surface area (Å²) in [6, 6.07) is 15.0. The van der Waals surface area contributed by atoms with Gasteiger partial charge in [0, 0.05) is 12.8 Å². The quantitative estimate of drug-likeness (QED) is 0.770. The van der Waals surface area contributed by atoms with E-state index in [1.165, 1.54) is 0 Å². The second kappa shape index (κ2) is 5.97. The molecule has 1 aromatic heterocycles. The molecule has 1 heterocycles. The number of halogens is 1. The van der Waals surface area contributed by atoms with Gasteiger partial charge in [0.05, 0.1) is 21.7 Å². The number of rotatable bonds is 4. The number of aryl methyl sites for hydroxylation is 1. The minimum atomic E-state index is -0.0800. The monoisotopic (exact) mass is 299 g/mol. The van der Waals surface area contributed by atoms with E-state index >= 15 is 0 Å². The number of nitrogens with zero attached hydrogens (tertiary/aromatic N) is 1. The zero-order valence-electron chi connectivity index (χ0n) is 11.3. The fourth-order valence-electron chi connectivity index (χ4n) is 2.13. The van der Waals surface area contributed by atoms with Crippen LogP contribution in [0.25, 0.3) is 11.0 Å². The Bertz CT molecular complexity index is 749. The number of para-hydroxylation sites is 3. The Kier molecular flexibility index (Phi) is 3.88. The molecule has 0 aliphatic rings. The molecule has 0 spiro atoms. The van der Waals surface area contributed by atoms with Crippen molar-refractivity contribution in [3.63, 3.8) is 0 Å². The molecule has 106 valence electrons. The summed E-state index contributed by atoms with van der Waals surface area (Å²) in [6.45, 7) is 0. The summed E-state index contributed by atoms with van der Waals surface area (Å²) in [4.78, 5) is 19.6. The number of anilines is 1. The first-order chi connectivity index (χ1) is 10.2. The van der Waals surface area contributed by atoms with Gasteiger partial charge in [-0.3, -0.25) is 4.79 Å². The van der Waals surface area contributed by atoms with E-state index in [1.54, 1.807) is 12.1 Å². The lowest BCUT2D eigenvalue weighted by Crippen LogP contribution is -2.12. The lowest BCUT2D eigenvalue weighted by molar-refractivity contribution is -0.116. The summed E-state index contributed by atoms with van der Waals surface area (Å²) < 4.78 is 0. The maximum atomic E-state index is 11.9. The van der Waals surface area contributed by atoms with Gasteiger partial charge in [-0.05, 0) is 24.3 Å². The highest BCUT2D eigenvalue weighted by Gasteiger charge is 2.08. The largest absolute Gasteiger partial charge is 0.342 e. The van der Waals surface area contributed by atoms with Gasteiger partial charge in [0.1, 0.15) is 5.82 Å². The van der Waals surface area contributed by atoms with E-state index in [0.717, 1.165) is 16.9 Å². The van der Waals surface area contributed by atoms with Gasteiger partial charge in [0.2, 0.25) is 5.91 Å². The number of aromatic amines is 1. The molecule has 0 saturated carbocycles. The normalized spacial score (nSPS) is 10.7. The fraction of sp³-hybridized carbons (Fsp3) is 0.125. The molecule has 3 rings (SSSR count). The molecular weight excluding hydrogens is 286 g/mol. The van der Waals surface area contributed by atoms with Crippen LogP contribution in [0.5, 0.6) is 0 Å². The lowest BCUT2D eigenvalue weighted by Gasteiger charge is -2.05. The average Bonchev–Trinajstić information content (AvgIpc) is 2.90. The SMILES string of the molecule is O=C(CCc1nc2ccccc2[nH]1)Nc1ccccc1Cl. The van der Waals surface area contributed by atoms with Crippen molar-refractivity contribution < 1.29 is 4.79 Å². The van der Waals surface area contributed by atoms with Crippen LogP contribution in [0.3, 0.4) is 0 Å². The van der Waals surface area contributed by atoms with Gasteiger partial charge in [-0.25, -0.2) is 4.98 Å². The summed E-state index contributed by atoms with van der Waals surface area (Å²) in [5.74, 6) is 0.731. The number of H-pyrrole nitrogens is 1. The number of hydrogen-bond acceptors (Lipinski definition) is 2. The third-order valence-electron chi connectivity index (χ3n) is 3.18. The van der Waals surface area contributed by atoms with Crippen molar-refractivity contribution >= 4 is 34.2 Å². The zero-order chi connectivity index (χ0) is 14.7. The van der Waals surface area contributed by atoms with E-state index < -0.39 is 0 Å². The molecule has 0 atom stereocenters. The number of amides is 1. The third-order valence-corrected chi connectivity index (χ3v) is 3.50. The van der Waals surface area contributed by atoms with Crippen molar-refractivity contribution in [1.82, 2.24) is 9.97 Å². The van der Waals surface area contributed by atoms with Crippen LogP contribution >= 0.6 is 11.6 Å². The van der Waals surface area contributed by atoms with Crippen molar-refractivity contribution in [2.24, 2.45) is 0 Å². The van der Waals surface area contributed by atoms with Crippen molar-refractivity contribution in [2.75, 3.05) is 5.32 Å². The third kappa shape index (κ3) is 3.23. The van der Waals surface area contributed by atoms with E-state index in [4.69, 9.17) is 11.6 Å². The number of fused-ring (bicyclic) bond motifs is 1. The van der Waals surface area contributed by atoms with Crippen LogP contribution in [-0.4, -0.2) is 15.9 Å². The second-order valence-corrected chi connectivity index (χ2v) is 5.14. The van der Waals surface area contributed by atoms with Crippen molar-refractivity contribution in [3.05, 3.63) is 59.4 Å². The number of carbonyl (C=O) groups is 1.